The number of aryl methyl sites for hydroxylation is 1. The van der Waals surface area contributed by atoms with Crippen molar-refractivity contribution in [3.8, 4) is 0 Å². The number of sulfonamides is 1. The van der Waals surface area contributed by atoms with Gasteiger partial charge in [0.1, 0.15) is 5.82 Å². The summed E-state index contributed by atoms with van der Waals surface area (Å²) in [7, 11) is -3.73. The number of carbonyl (C=O) groups excluding carboxylic acids is 1. The van der Waals surface area contributed by atoms with Gasteiger partial charge in [0.15, 0.2) is 0 Å². The van der Waals surface area contributed by atoms with E-state index in [2.05, 4.69) is 15.1 Å². The summed E-state index contributed by atoms with van der Waals surface area (Å²) in [4.78, 5) is 12.5. The summed E-state index contributed by atoms with van der Waals surface area (Å²) in [5, 5.41) is 6.96. The predicted octanol–water partition coefficient (Wildman–Crippen LogP) is 3.83. The predicted molar refractivity (Wildman–Crippen MR) is 109 cm³/mol. The Morgan fingerprint density at radius 1 is 1.00 bits per heavy atom. The molecule has 8 heteroatoms. The number of benzene rings is 2. The summed E-state index contributed by atoms with van der Waals surface area (Å²) in [5.41, 5.74) is 1.87. The molecule has 0 aliphatic heterocycles. The Kier molecular flexibility index (Phi) is 5.51. The van der Waals surface area contributed by atoms with Crippen molar-refractivity contribution < 1.29 is 13.2 Å². The number of hydrogen-bond donors (Lipinski definition) is 2. The summed E-state index contributed by atoms with van der Waals surface area (Å²) in [6.07, 6.45) is 1.61. The van der Waals surface area contributed by atoms with Gasteiger partial charge in [-0.1, -0.05) is 17.7 Å². The lowest BCUT2D eigenvalue weighted by Gasteiger charge is -2.12. The van der Waals surface area contributed by atoms with Crippen LogP contribution in [0.4, 0.5) is 11.5 Å². The fourth-order valence-corrected chi connectivity index (χ4v) is 3.69. The molecule has 2 N–H and O–H groups in total. The molecule has 0 spiro atoms. The molecule has 0 bridgehead atoms. The summed E-state index contributed by atoms with van der Waals surface area (Å²) in [6, 6.07) is 14.6. The number of nitrogens with one attached hydrogen (secondary N) is 2. The number of amides is 1. The Bertz CT molecular complexity index is 1070. The van der Waals surface area contributed by atoms with Crippen LogP contribution in [0.5, 0.6) is 0 Å². The first-order valence-corrected chi connectivity index (χ1v) is 10.3. The molecule has 3 rings (SSSR count). The number of nitrogens with zero attached hydrogens (tertiary/aromatic N) is 2. The van der Waals surface area contributed by atoms with Crippen LogP contribution in [0.2, 0.25) is 0 Å². The molecule has 1 amide bonds. The van der Waals surface area contributed by atoms with E-state index >= 15 is 0 Å². The van der Waals surface area contributed by atoms with Gasteiger partial charge in [-0.2, -0.15) is 5.10 Å². The van der Waals surface area contributed by atoms with Crippen molar-refractivity contribution >= 4 is 27.4 Å². The maximum absolute atomic E-state index is 12.5. The smallest absolute Gasteiger partial charge is 0.261 e. The van der Waals surface area contributed by atoms with Crippen molar-refractivity contribution in [2.75, 3.05) is 10.0 Å². The molecule has 146 valence electrons. The van der Waals surface area contributed by atoms with E-state index in [0.717, 1.165) is 5.56 Å². The zero-order valence-electron chi connectivity index (χ0n) is 15.9. The van der Waals surface area contributed by atoms with Crippen LogP contribution in [0, 0.1) is 6.92 Å². The zero-order valence-corrected chi connectivity index (χ0v) is 16.7. The van der Waals surface area contributed by atoms with E-state index in [-0.39, 0.29) is 16.8 Å². The monoisotopic (exact) mass is 398 g/mol. The van der Waals surface area contributed by atoms with E-state index in [1.807, 2.05) is 32.9 Å². The van der Waals surface area contributed by atoms with Crippen LogP contribution in [0.1, 0.15) is 35.8 Å². The third-order valence-corrected chi connectivity index (χ3v) is 5.53. The number of carbonyl (C=O) groups is 1. The normalized spacial score (nSPS) is 11.4. The van der Waals surface area contributed by atoms with Gasteiger partial charge in [-0.25, -0.2) is 13.1 Å². The average Bonchev–Trinajstić information content (AvgIpc) is 3.12. The highest BCUT2D eigenvalue weighted by Gasteiger charge is 2.16. The first-order chi connectivity index (χ1) is 13.3. The SMILES string of the molecule is Cc1ccc(NS(=O)(=O)c2ccc(C(=O)Nc3ccnn3C(C)C)cc2)cc1. The van der Waals surface area contributed by atoms with Crippen LogP contribution in [-0.4, -0.2) is 24.1 Å². The van der Waals surface area contributed by atoms with Crippen LogP contribution in [-0.2, 0) is 10.0 Å². The summed E-state index contributed by atoms with van der Waals surface area (Å²) in [6.45, 7) is 5.85. The Morgan fingerprint density at radius 2 is 1.64 bits per heavy atom. The van der Waals surface area contributed by atoms with Crippen molar-refractivity contribution in [3.63, 3.8) is 0 Å². The Labute approximate surface area is 164 Å². The van der Waals surface area contributed by atoms with Crippen molar-refractivity contribution in [2.45, 2.75) is 31.7 Å². The summed E-state index contributed by atoms with van der Waals surface area (Å²) >= 11 is 0. The van der Waals surface area contributed by atoms with Crippen LogP contribution >= 0.6 is 0 Å². The van der Waals surface area contributed by atoms with Gasteiger partial charge in [0.2, 0.25) is 0 Å². The maximum Gasteiger partial charge on any atom is 0.261 e. The van der Waals surface area contributed by atoms with Crippen LogP contribution in [0.15, 0.2) is 65.7 Å². The van der Waals surface area contributed by atoms with Gasteiger partial charge in [0.05, 0.1) is 11.1 Å². The van der Waals surface area contributed by atoms with Crippen molar-refractivity contribution in [1.82, 2.24) is 9.78 Å². The van der Waals surface area contributed by atoms with E-state index in [0.29, 0.717) is 17.1 Å². The topological polar surface area (TPSA) is 93.1 Å². The lowest BCUT2D eigenvalue weighted by atomic mass is 10.2. The van der Waals surface area contributed by atoms with E-state index in [1.165, 1.54) is 24.3 Å². The number of aromatic nitrogens is 2. The highest BCUT2D eigenvalue weighted by Crippen LogP contribution is 2.18. The Hall–Kier alpha value is -3.13. The molecule has 0 aliphatic carbocycles. The minimum absolute atomic E-state index is 0.0804. The molecular formula is C20H22N4O3S. The van der Waals surface area contributed by atoms with E-state index in [1.54, 1.807) is 29.1 Å². The molecule has 28 heavy (non-hydrogen) atoms. The van der Waals surface area contributed by atoms with Crippen LogP contribution in [0.3, 0.4) is 0 Å². The fourth-order valence-electron chi connectivity index (χ4n) is 2.63. The van der Waals surface area contributed by atoms with Gasteiger partial charge < -0.3 is 5.32 Å². The third-order valence-electron chi connectivity index (χ3n) is 4.13. The highest BCUT2D eigenvalue weighted by molar-refractivity contribution is 7.92. The molecule has 0 saturated heterocycles. The first-order valence-electron chi connectivity index (χ1n) is 8.81. The number of rotatable bonds is 6. The Balaban J connectivity index is 1.74. The van der Waals surface area contributed by atoms with E-state index < -0.39 is 10.0 Å². The van der Waals surface area contributed by atoms with Gasteiger partial charge in [-0.15, -0.1) is 0 Å². The molecule has 1 aromatic heterocycles. The molecule has 0 unspecified atom stereocenters. The highest BCUT2D eigenvalue weighted by atomic mass is 32.2. The molecule has 0 fully saturated rings. The molecule has 3 aromatic rings. The van der Waals surface area contributed by atoms with Gasteiger partial charge in [-0.3, -0.25) is 9.52 Å². The average molecular weight is 398 g/mol. The van der Waals surface area contributed by atoms with Gasteiger partial charge in [-0.05, 0) is 57.2 Å². The molecule has 0 radical (unpaired) electrons. The molecular weight excluding hydrogens is 376 g/mol. The summed E-state index contributed by atoms with van der Waals surface area (Å²) in [5.74, 6) is 0.246. The van der Waals surface area contributed by atoms with E-state index in [4.69, 9.17) is 0 Å². The zero-order chi connectivity index (χ0) is 20.3. The maximum atomic E-state index is 12.5. The largest absolute Gasteiger partial charge is 0.307 e. The molecule has 7 nitrogen and oxygen atoms in total. The minimum Gasteiger partial charge on any atom is -0.307 e. The van der Waals surface area contributed by atoms with Gasteiger partial charge >= 0.3 is 0 Å². The Morgan fingerprint density at radius 3 is 2.25 bits per heavy atom. The molecule has 2 aromatic carbocycles. The van der Waals surface area contributed by atoms with Gasteiger partial charge in [0, 0.05) is 23.4 Å². The second-order valence-corrected chi connectivity index (χ2v) is 8.39. The van der Waals surface area contributed by atoms with Gasteiger partial charge in [0.25, 0.3) is 15.9 Å². The van der Waals surface area contributed by atoms with Crippen LogP contribution in [0.25, 0.3) is 0 Å². The van der Waals surface area contributed by atoms with Crippen LogP contribution < -0.4 is 10.0 Å². The van der Waals surface area contributed by atoms with Crippen molar-refractivity contribution in [2.24, 2.45) is 0 Å². The lowest BCUT2D eigenvalue weighted by Crippen LogP contribution is -2.17. The first kappa shape index (κ1) is 19.6. The second-order valence-electron chi connectivity index (χ2n) is 6.70. The standard InChI is InChI=1S/C20H22N4O3S/c1-14(2)24-19(12-13-21-24)22-20(25)16-6-10-18(11-7-16)28(26,27)23-17-8-4-15(3)5-9-17/h4-14,23H,1-3H3,(H,22,25). The molecule has 0 atom stereocenters. The number of anilines is 2. The number of hydrogen-bond acceptors (Lipinski definition) is 4. The molecule has 0 saturated carbocycles. The third kappa shape index (κ3) is 4.40. The quantitative estimate of drug-likeness (QED) is 0.660. The fraction of sp³-hybridized carbons (Fsp3) is 0.200. The van der Waals surface area contributed by atoms with E-state index in [9.17, 15) is 13.2 Å². The molecule has 0 aliphatic rings. The minimum atomic E-state index is -3.73. The van der Waals surface area contributed by atoms with Crippen molar-refractivity contribution in [3.05, 3.63) is 71.9 Å². The lowest BCUT2D eigenvalue weighted by molar-refractivity contribution is 0.102. The summed E-state index contributed by atoms with van der Waals surface area (Å²) < 4.78 is 29.3. The second kappa shape index (κ2) is 7.85. The molecule has 1 heterocycles. The van der Waals surface area contributed by atoms with Crippen molar-refractivity contribution in [1.29, 1.82) is 0 Å².